The molecule has 0 saturated carbocycles. The van der Waals surface area contributed by atoms with Crippen molar-refractivity contribution < 1.29 is 9.59 Å². The minimum atomic E-state index is -0.280. The third-order valence-corrected chi connectivity index (χ3v) is 5.36. The molecule has 0 fully saturated rings. The van der Waals surface area contributed by atoms with Crippen molar-refractivity contribution >= 4 is 23.0 Å². The van der Waals surface area contributed by atoms with Crippen molar-refractivity contribution in [2.24, 2.45) is 0 Å². The molecule has 4 aromatic rings. The molecule has 4 rings (SSSR count). The van der Waals surface area contributed by atoms with Gasteiger partial charge in [0.2, 0.25) is 5.91 Å². The highest BCUT2D eigenvalue weighted by molar-refractivity contribution is 5.96. The van der Waals surface area contributed by atoms with Gasteiger partial charge in [-0.2, -0.15) is 5.10 Å². The fourth-order valence-corrected chi connectivity index (χ4v) is 3.68. The molecule has 2 N–H and O–H groups in total. The summed E-state index contributed by atoms with van der Waals surface area (Å²) in [6.07, 6.45) is 3.41. The van der Waals surface area contributed by atoms with Crippen molar-refractivity contribution in [2.45, 2.75) is 27.3 Å². The molecule has 0 radical (unpaired) electrons. The largest absolute Gasteiger partial charge is 0.350 e. The van der Waals surface area contributed by atoms with E-state index in [1.54, 1.807) is 51.8 Å². The molecule has 8 heteroatoms. The van der Waals surface area contributed by atoms with E-state index in [1.165, 1.54) is 6.92 Å². The molecule has 2 amide bonds. The van der Waals surface area contributed by atoms with Gasteiger partial charge in [-0.1, -0.05) is 23.8 Å². The summed E-state index contributed by atoms with van der Waals surface area (Å²) in [4.78, 5) is 36.6. The summed E-state index contributed by atoms with van der Waals surface area (Å²) in [5, 5.41) is 10.0. The number of aryl methyl sites for hydroxylation is 2. The van der Waals surface area contributed by atoms with Crippen LogP contribution in [0.3, 0.4) is 0 Å². The molecular weight excluding hydrogens is 418 g/mol. The Morgan fingerprint density at radius 3 is 2.64 bits per heavy atom. The van der Waals surface area contributed by atoms with E-state index in [0.717, 1.165) is 22.4 Å². The number of nitrogens with zero attached hydrogens (tertiary/aromatic N) is 3. The molecule has 0 bridgehead atoms. The van der Waals surface area contributed by atoms with Gasteiger partial charge in [-0.05, 0) is 49.7 Å². The van der Waals surface area contributed by atoms with Gasteiger partial charge in [0, 0.05) is 49.2 Å². The summed E-state index contributed by atoms with van der Waals surface area (Å²) in [5.74, 6) is -0.485. The maximum absolute atomic E-state index is 13.0. The fourth-order valence-electron chi connectivity index (χ4n) is 3.68. The van der Waals surface area contributed by atoms with E-state index in [9.17, 15) is 14.4 Å². The Labute approximate surface area is 190 Å². The number of benzene rings is 2. The van der Waals surface area contributed by atoms with Crippen LogP contribution < -0.4 is 16.2 Å². The van der Waals surface area contributed by atoms with Crippen molar-refractivity contribution in [3.63, 3.8) is 0 Å². The Balaban J connectivity index is 1.48. The van der Waals surface area contributed by atoms with Crippen LogP contribution in [0, 0.1) is 13.8 Å². The zero-order chi connectivity index (χ0) is 23.5. The summed E-state index contributed by atoms with van der Waals surface area (Å²) >= 11 is 0. The monoisotopic (exact) mass is 443 g/mol. The van der Waals surface area contributed by atoms with Crippen LogP contribution in [0.2, 0.25) is 0 Å². The topological polar surface area (TPSA) is 97.5 Å². The zero-order valence-electron chi connectivity index (χ0n) is 18.8. The SMILES string of the molecule is CC(=O)Nc1cccc(C(=O)NCCn2ccn3nc(-c4cc(C)ccc4C)cc3c2=O)c1. The number of amides is 2. The van der Waals surface area contributed by atoms with E-state index >= 15 is 0 Å². The van der Waals surface area contributed by atoms with Gasteiger partial charge in [0.1, 0.15) is 5.52 Å². The standard InChI is InChI=1S/C25H25N5O3/c1-16-7-8-17(2)21(13-16)22-15-23-25(33)29(11-12-30(23)28-22)10-9-26-24(32)19-5-4-6-20(14-19)27-18(3)31/h4-8,11-15H,9-10H2,1-3H3,(H,26,32)(H,27,31). The molecule has 2 aromatic carbocycles. The Bertz CT molecular complexity index is 1420. The van der Waals surface area contributed by atoms with Gasteiger partial charge in [-0.25, -0.2) is 4.52 Å². The van der Waals surface area contributed by atoms with Crippen LogP contribution in [0.15, 0.2) is 65.7 Å². The van der Waals surface area contributed by atoms with E-state index in [4.69, 9.17) is 0 Å². The first-order valence-electron chi connectivity index (χ1n) is 10.6. The first kappa shape index (κ1) is 22.0. The molecule has 168 valence electrons. The molecule has 33 heavy (non-hydrogen) atoms. The first-order valence-corrected chi connectivity index (χ1v) is 10.6. The Morgan fingerprint density at radius 1 is 1.03 bits per heavy atom. The summed E-state index contributed by atoms with van der Waals surface area (Å²) < 4.78 is 3.14. The van der Waals surface area contributed by atoms with Gasteiger partial charge < -0.3 is 15.2 Å². The Hall–Kier alpha value is -4.20. The van der Waals surface area contributed by atoms with Crippen LogP contribution in [0.25, 0.3) is 16.8 Å². The smallest absolute Gasteiger partial charge is 0.276 e. The number of anilines is 1. The van der Waals surface area contributed by atoms with Crippen LogP contribution in [-0.4, -0.2) is 32.5 Å². The quantitative estimate of drug-likeness (QED) is 0.478. The third-order valence-electron chi connectivity index (χ3n) is 5.36. The van der Waals surface area contributed by atoms with E-state index < -0.39 is 0 Å². The summed E-state index contributed by atoms with van der Waals surface area (Å²) in [7, 11) is 0. The molecule has 0 atom stereocenters. The van der Waals surface area contributed by atoms with Crippen LogP contribution >= 0.6 is 0 Å². The second kappa shape index (κ2) is 9.12. The van der Waals surface area contributed by atoms with Gasteiger partial charge in [0.15, 0.2) is 0 Å². The minimum Gasteiger partial charge on any atom is -0.350 e. The fraction of sp³-hybridized carbons (Fsp3) is 0.200. The van der Waals surface area contributed by atoms with Crippen LogP contribution in [0.5, 0.6) is 0 Å². The van der Waals surface area contributed by atoms with Gasteiger partial charge >= 0.3 is 0 Å². The third kappa shape index (κ3) is 4.85. The average molecular weight is 444 g/mol. The van der Waals surface area contributed by atoms with E-state index in [1.807, 2.05) is 26.0 Å². The molecule has 0 saturated heterocycles. The molecule has 0 aliphatic rings. The predicted octanol–water partition coefficient (Wildman–Crippen LogP) is 3.17. The van der Waals surface area contributed by atoms with Gasteiger partial charge in [0.05, 0.1) is 5.69 Å². The molecule has 0 aliphatic carbocycles. The van der Waals surface area contributed by atoms with E-state index in [2.05, 4.69) is 21.8 Å². The van der Waals surface area contributed by atoms with E-state index in [0.29, 0.717) is 23.3 Å². The van der Waals surface area contributed by atoms with Gasteiger partial charge in [0.25, 0.3) is 11.5 Å². The number of hydrogen-bond acceptors (Lipinski definition) is 4. The van der Waals surface area contributed by atoms with Gasteiger partial charge in [-0.15, -0.1) is 0 Å². The minimum absolute atomic E-state index is 0.177. The Kier molecular flexibility index (Phi) is 6.08. The predicted molar refractivity (Wildman–Crippen MR) is 127 cm³/mol. The maximum atomic E-state index is 13.0. The molecule has 8 nitrogen and oxygen atoms in total. The number of fused-ring (bicyclic) bond motifs is 1. The highest BCUT2D eigenvalue weighted by atomic mass is 16.2. The van der Waals surface area contributed by atoms with E-state index in [-0.39, 0.29) is 23.9 Å². The highest BCUT2D eigenvalue weighted by Gasteiger charge is 2.12. The number of carbonyl (C=O) groups is 2. The first-order chi connectivity index (χ1) is 15.8. The maximum Gasteiger partial charge on any atom is 0.276 e. The summed E-state index contributed by atoms with van der Waals surface area (Å²) in [6.45, 7) is 6.04. The lowest BCUT2D eigenvalue weighted by molar-refractivity contribution is -0.114. The average Bonchev–Trinajstić information content (AvgIpc) is 3.21. The molecule has 2 aromatic heterocycles. The number of rotatable bonds is 6. The molecular formula is C25H25N5O3. The second-order valence-corrected chi connectivity index (χ2v) is 7.99. The molecule has 2 heterocycles. The van der Waals surface area contributed by atoms with Crippen LogP contribution in [0.4, 0.5) is 5.69 Å². The van der Waals surface area contributed by atoms with Crippen molar-refractivity contribution in [1.82, 2.24) is 19.5 Å². The Morgan fingerprint density at radius 2 is 1.85 bits per heavy atom. The number of aromatic nitrogens is 3. The van der Waals surface area contributed by atoms with Crippen molar-refractivity contribution in [3.8, 4) is 11.3 Å². The zero-order valence-corrected chi connectivity index (χ0v) is 18.8. The lowest BCUT2D eigenvalue weighted by Crippen LogP contribution is -2.31. The molecule has 0 spiro atoms. The highest BCUT2D eigenvalue weighted by Crippen LogP contribution is 2.23. The van der Waals surface area contributed by atoms with Crippen molar-refractivity contribution in [1.29, 1.82) is 0 Å². The molecule has 0 aliphatic heterocycles. The van der Waals surface area contributed by atoms with Crippen molar-refractivity contribution in [3.05, 3.63) is 88.0 Å². The van der Waals surface area contributed by atoms with Crippen LogP contribution in [-0.2, 0) is 11.3 Å². The number of carbonyl (C=O) groups excluding carboxylic acids is 2. The van der Waals surface area contributed by atoms with Gasteiger partial charge in [-0.3, -0.25) is 14.4 Å². The summed E-state index contributed by atoms with van der Waals surface area (Å²) in [6, 6.07) is 14.6. The lowest BCUT2D eigenvalue weighted by Gasteiger charge is -2.09. The lowest BCUT2D eigenvalue weighted by atomic mass is 10.0. The number of nitrogens with one attached hydrogen (secondary N) is 2. The van der Waals surface area contributed by atoms with Crippen molar-refractivity contribution in [2.75, 3.05) is 11.9 Å². The normalized spacial score (nSPS) is 10.9. The van der Waals surface area contributed by atoms with Crippen LogP contribution in [0.1, 0.15) is 28.4 Å². The summed E-state index contributed by atoms with van der Waals surface area (Å²) in [5.41, 5.74) is 5.25. The second-order valence-electron chi connectivity index (χ2n) is 7.99. The number of hydrogen-bond donors (Lipinski definition) is 2. The molecule has 0 unspecified atom stereocenters.